The summed E-state index contributed by atoms with van der Waals surface area (Å²) in [6, 6.07) is 10.1. The number of benzene rings is 1. The van der Waals surface area contributed by atoms with Gasteiger partial charge in [-0.1, -0.05) is 18.2 Å². The molecule has 1 unspecified atom stereocenters. The minimum absolute atomic E-state index is 0.138. The van der Waals surface area contributed by atoms with Crippen molar-refractivity contribution in [1.29, 1.82) is 0 Å². The summed E-state index contributed by atoms with van der Waals surface area (Å²) in [5.74, 6) is 2.09. The molecule has 27 heavy (non-hydrogen) atoms. The fraction of sp³-hybridized carbons (Fsp3) is 0.682. The molecule has 5 heteroatoms. The van der Waals surface area contributed by atoms with E-state index in [2.05, 4.69) is 21.7 Å². The van der Waals surface area contributed by atoms with E-state index in [1.807, 2.05) is 30.3 Å². The SMILES string of the molecule is CN1CCN(CCOc2ccccc2)CC12CCC(=O)N(CC1CC1)CC2. The molecule has 0 radical (unpaired) electrons. The normalized spacial score (nSPS) is 27.7. The van der Waals surface area contributed by atoms with Gasteiger partial charge in [-0.3, -0.25) is 14.6 Å². The van der Waals surface area contributed by atoms with Crippen LogP contribution in [0.3, 0.4) is 0 Å². The first-order valence-corrected chi connectivity index (χ1v) is 10.5. The van der Waals surface area contributed by atoms with Crippen LogP contribution >= 0.6 is 0 Å². The Morgan fingerprint density at radius 3 is 2.70 bits per heavy atom. The van der Waals surface area contributed by atoms with E-state index in [1.165, 1.54) is 12.8 Å². The fourth-order valence-electron chi connectivity index (χ4n) is 4.58. The number of ether oxygens (including phenoxy) is 1. The minimum Gasteiger partial charge on any atom is -0.492 e. The van der Waals surface area contributed by atoms with Crippen LogP contribution in [0.25, 0.3) is 0 Å². The molecule has 4 rings (SSSR count). The molecule has 0 aromatic heterocycles. The number of nitrogens with zero attached hydrogens (tertiary/aromatic N) is 3. The second-order valence-electron chi connectivity index (χ2n) is 8.62. The summed E-state index contributed by atoms with van der Waals surface area (Å²) in [7, 11) is 2.25. The first kappa shape index (κ1) is 18.8. The Morgan fingerprint density at radius 1 is 1.11 bits per heavy atom. The molecule has 3 fully saturated rings. The molecule has 1 atom stereocenters. The second kappa shape index (κ2) is 8.19. The summed E-state index contributed by atoms with van der Waals surface area (Å²) in [5, 5.41) is 0. The van der Waals surface area contributed by atoms with Crippen LogP contribution in [0.2, 0.25) is 0 Å². The summed E-state index contributed by atoms with van der Waals surface area (Å²) >= 11 is 0. The molecule has 3 aliphatic rings. The van der Waals surface area contributed by atoms with Gasteiger partial charge in [-0.05, 0) is 50.8 Å². The van der Waals surface area contributed by atoms with Gasteiger partial charge in [0.05, 0.1) is 0 Å². The maximum absolute atomic E-state index is 12.6. The lowest BCUT2D eigenvalue weighted by Crippen LogP contribution is -2.61. The molecule has 2 aliphatic heterocycles. The smallest absolute Gasteiger partial charge is 0.222 e. The van der Waals surface area contributed by atoms with Crippen molar-refractivity contribution < 1.29 is 9.53 Å². The van der Waals surface area contributed by atoms with Crippen molar-refractivity contribution in [2.24, 2.45) is 5.92 Å². The summed E-state index contributed by atoms with van der Waals surface area (Å²) < 4.78 is 5.90. The Kier molecular flexibility index (Phi) is 5.69. The van der Waals surface area contributed by atoms with Crippen molar-refractivity contribution in [3.8, 4) is 5.75 Å². The van der Waals surface area contributed by atoms with E-state index in [0.717, 1.165) is 70.4 Å². The number of likely N-dealkylation sites (N-methyl/N-ethyl adjacent to an activating group) is 1. The van der Waals surface area contributed by atoms with Crippen LogP contribution in [-0.2, 0) is 4.79 Å². The molecule has 1 aromatic rings. The first-order chi connectivity index (χ1) is 13.1. The predicted octanol–water partition coefficient (Wildman–Crippen LogP) is 2.47. The van der Waals surface area contributed by atoms with Gasteiger partial charge in [0.15, 0.2) is 0 Å². The predicted molar refractivity (Wildman–Crippen MR) is 107 cm³/mol. The van der Waals surface area contributed by atoms with Gasteiger partial charge in [0.25, 0.3) is 0 Å². The van der Waals surface area contributed by atoms with Crippen LogP contribution < -0.4 is 4.74 Å². The van der Waals surface area contributed by atoms with Gasteiger partial charge >= 0.3 is 0 Å². The maximum Gasteiger partial charge on any atom is 0.222 e. The molecule has 1 aromatic carbocycles. The highest BCUT2D eigenvalue weighted by Gasteiger charge is 2.42. The Morgan fingerprint density at radius 2 is 1.93 bits per heavy atom. The number of hydrogen-bond donors (Lipinski definition) is 0. The zero-order chi connectivity index (χ0) is 18.7. The molecule has 1 saturated carbocycles. The molecular formula is C22H33N3O2. The number of carbonyl (C=O) groups excluding carboxylic acids is 1. The minimum atomic E-state index is 0.138. The molecule has 1 amide bonds. The quantitative estimate of drug-likeness (QED) is 0.770. The number of amides is 1. The molecular weight excluding hydrogens is 338 g/mol. The van der Waals surface area contributed by atoms with Gasteiger partial charge in [-0.2, -0.15) is 0 Å². The fourth-order valence-corrected chi connectivity index (χ4v) is 4.58. The average Bonchev–Trinajstić information content (AvgIpc) is 3.51. The van der Waals surface area contributed by atoms with Crippen molar-refractivity contribution in [3.63, 3.8) is 0 Å². The van der Waals surface area contributed by atoms with Crippen LogP contribution in [-0.4, -0.2) is 79.1 Å². The van der Waals surface area contributed by atoms with Crippen LogP contribution in [0.4, 0.5) is 0 Å². The largest absolute Gasteiger partial charge is 0.492 e. The molecule has 1 spiro atoms. The highest BCUT2D eigenvalue weighted by molar-refractivity contribution is 5.76. The lowest BCUT2D eigenvalue weighted by molar-refractivity contribution is -0.131. The summed E-state index contributed by atoms with van der Waals surface area (Å²) in [6.07, 6.45) is 5.40. The highest BCUT2D eigenvalue weighted by atomic mass is 16.5. The third-order valence-corrected chi connectivity index (χ3v) is 6.68. The molecule has 1 aliphatic carbocycles. The zero-order valence-corrected chi connectivity index (χ0v) is 16.6. The number of carbonyl (C=O) groups is 1. The molecule has 2 heterocycles. The van der Waals surface area contributed by atoms with Crippen molar-refractivity contribution in [2.75, 3.05) is 52.9 Å². The van der Waals surface area contributed by atoms with Crippen LogP contribution in [0.15, 0.2) is 30.3 Å². The molecule has 2 saturated heterocycles. The number of piperazine rings is 1. The number of rotatable bonds is 6. The molecule has 148 valence electrons. The number of para-hydroxylation sites is 1. The van der Waals surface area contributed by atoms with E-state index >= 15 is 0 Å². The molecule has 5 nitrogen and oxygen atoms in total. The van der Waals surface area contributed by atoms with E-state index in [-0.39, 0.29) is 5.54 Å². The van der Waals surface area contributed by atoms with Crippen molar-refractivity contribution in [1.82, 2.24) is 14.7 Å². The van der Waals surface area contributed by atoms with E-state index in [4.69, 9.17) is 4.74 Å². The van der Waals surface area contributed by atoms with Gasteiger partial charge in [0, 0.05) is 51.2 Å². The Labute approximate surface area is 163 Å². The summed E-state index contributed by atoms with van der Waals surface area (Å²) in [6.45, 7) is 6.78. The molecule has 0 N–H and O–H groups in total. The van der Waals surface area contributed by atoms with Crippen molar-refractivity contribution in [2.45, 2.75) is 37.6 Å². The van der Waals surface area contributed by atoms with Gasteiger partial charge in [-0.25, -0.2) is 0 Å². The first-order valence-electron chi connectivity index (χ1n) is 10.5. The van der Waals surface area contributed by atoms with Gasteiger partial charge in [-0.15, -0.1) is 0 Å². The average molecular weight is 372 g/mol. The Bertz CT molecular complexity index is 634. The van der Waals surface area contributed by atoms with Gasteiger partial charge in [0.1, 0.15) is 12.4 Å². The van der Waals surface area contributed by atoms with Gasteiger partial charge in [0.2, 0.25) is 5.91 Å². The third-order valence-electron chi connectivity index (χ3n) is 6.68. The topological polar surface area (TPSA) is 36.0 Å². The van der Waals surface area contributed by atoms with E-state index in [0.29, 0.717) is 12.3 Å². The Hall–Kier alpha value is -1.59. The van der Waals surface area contributed by atoms with Crippen LogP contribution in [0.1, 0.15) is 32.1 Å². The lowest BCUT2D eigenvalue weighted by Gasteiger charge is -2.49. The lowest BCUT2D eigenvalue weighted by atomic mass is 9.86. The summed E-state index contributed by atoms with van der Waals surface area (Å²) in [5.41, 5.74) is 0.138. The molecule has 0 bridgehead atoms. The van der Waals surface area contributed by atoms with Crippen LogP contribution in [0.5, 0.6) is 5.75 Å². The monoisotopic (exact) mass is 371 g/mol. The van der Waals surface area contributed by atoms with Gasteiger partial charge < -0.3 is 9.64 Å². The van der Waals surface area contributed by atoms with Crippen LogP contribution in [0, 0.1) is 5.92 Å². The van der Waals surface area contributed by atoms with Crippen molar-refractivity contribution in [3.05, 3.63) is 30.3 Å². The maximum atomic E-state index is 12.6. The summed E-state index contributed by atoms with van der Waals surface area (Å²) in [4.78, 5) is 19.8. The zero-order valence-electron chi connectivity index (χ0n) is 16.6. The second-order valence-corrected chi connectivity index (χ2v) is 8.62. The third kappa shape index (κ3) is 4.64. The van der Waals surface area contributed by atoms with E-state index in [9.17, 15) is 4.79 Å². The number of hydrogen-bond acceptors (Lipinski definition) is 4. The van der Waals surface area contributed by atoms with E-state index in [1.54, 1.807) is 0 Å². The highest BCUT2D eigenvalue weighted by Crippen LogP contribution is 2.35. The van der Waals surface area contributed by atoms with Crippen molar-refractivity contribution >= 4 is 5.91 Å². The Balaban J connectivity index is 1.32. The number of likely N-dealkylation sites (tertiary alicyclic amines) is 1. The van der Waals surface area contributed by atoms with E-state index < -0.39 is 0 Å². The standard InChI is InChI=1S/C22H33N3O2/c1-23-13-14-24(15-16-27-20-5-3-2-4-6-20)18-22(23)10-9-21(26)25(12-11-22)17-19-7-8-19/h2-6,19H,7-18H2,1H3.